The molecule has 0 radical (unpaired) electrons. The number of aromatic nitrogens is 2. The minimum absolute atomic E-state index is 0.0460. The normalized spacial score (nSPS) is 10.8. The van der Waals surface area contributed by atoms with Gasteiger partial charge in [0.1, 0.15) is 11.4 Å². The van der Waals surface area contributed by atoms with Gasteiger partial charge in [0.25, 0.3) is 5.91 Å². The largest absolute Gasteiger partial charge is 0.336 e. The Bertz CT molecular complexity index is 989. The highest BCUT2D eigenvalue weighted by molar-refractivity contribution is 7.13. The molecular weight excluding hydrogens is 362 g/mol. The molecule has 0 unspecified atom stereocenters. The van der Waals surface area contributed by atoms with Crippen LogP contribution in [-0.4, -0.2) is 27.6 Å². The average molecular weight is 380 g/mol. The second-order valence-corrected chi connectivity index (χ2v) is 7.66. The van der Waals surface area contributed by atoms with Crippen LogP contribution in [-0.2, 0) is 6.54 Å². The molecule has 0 spiro atoms. The van der Waals surface area contributed by atoms with Gasteiger partial charge in [-0.1, -0.05) is 24.3 Å². The van der Waals surface area contributed by atoms with Crippen LogP contribution in [0.5, 0.6) is 0 Å². The van der Waals surface area contributed by atoms with Gasteiger partial charge in [0.2, 0.25) is 0 Å². The fourth-order valence-electron chi connectivity index (χ4n) is 2.77. The second kappa shape index (κ2) is 7.27. The minimum atomic E-state index is -0.0460. The minimum Gasteiger partial charge on any atom is -0.336 e. The van der Waals surface area contributed by atoms with E-state index in [1.54, 1.807) is 32.3 Å². The van der Waals surface area contributed by atoms with Crippen LogP contribution < -0.4 is 0 Å². The van der Waals surface area contributed by atoms with Crippen LogP contribution in [0.4, 0.5) is 0 Å². The van der Waals surface area contributed by atoms with Crippen molar-refractivity contribution in [3.8, 4) is 16.3 Å². The third kappa shape index (κ3) is 3.34. The zero-order valence-electron chi connectivity index (χ0n) is 14.2. The Balaban J connectivity index is 1.72. The maximum atomic E-state index is 13.1. The van der Waals surface area contributed by atoms with E-state index in [9.17, 15) is 4.79 Å². The third-order valence-electron chi connectivity index (χ3n) is 4.05. The van der Waals surface area contributed by atoms with Gasteiger partial charge in [0, 0.05) is 13.6 Å². The molecule has 26 heavy (non-hydrogen) atoms. The molecule has 4 nitrogen and oxygen atoms in total. The first-order valence-electron chi connectivity index (χ1n) is 8.18. The molecule has 0 atom stereocenters. The monoisotopic (exact) mass is 379 g/mol. The number of nitrogens with zero attached hydrogens (tertiary/aromatic N) is 3. The average Bonchev–Trinajstić information content (AvgIpc) is 3.42. The summed E-state index contributed by atoms with van der Waals surface area (Å²) in [6.07, 6.45) is 0. The molecule has 0 aliphatic rings. The molecule has 4 rings (SSSR count). The molecule has 6 heteroatoms. The Labute approximate surface area is 160 Å². The van der Waals surface area contributed by atoms with Gasteiger partial charge in [0.15, 0.2) is 0 Å². The van der Waals surface area contributed by atoms with Gasteiger partial charge in [-0.05, 0) is 52.0 Å². The molecule has 0 saturated carbocycles. The summed E-state index contributed by atoms with van der Waals surface area (Å²) in [4.78, 5) is 15.9. The number of hydrogen-bond acceptors (Lipinski definition) is 4. The van der Waals surface area contributed by atoms with Crippen LogP contribution in [0.25, 0.3) is 16.3 Å². The van der Waals surface area contributed by atoms with E-state index < -0.39 is 0 Å². The third-order valence-corrected chi connectivity index (χ3v) is 5.67. The number of thiophene rings is 2. The summed E-state index contributed by atoms with van der Waals surface area (Å²) in [6.45, 7) is 0.580. The molecule has 0 bridgehead atoms. The smallest absolute Gasteiger partial charge is 0.272 e. The first kappa shape index (κ1) is 16.8. The number of carbonyl (C=O) groups is 1. The van der Waals surface area contributed by atoms with E-state index in [4.69, 9.17) is 5.10 Å². The molecule has 4 aromatic rings. The van der Waals surface area contributed by atoms with Crippen molar-refractivity contribution in [1.82, 2.24) is 14.7 Å². The predicted molar refractivity (Wildman–Crippen MR) is 107 cm³/mol. The Morgan fingerprint density at radius 3 is 2.65 bits per heavy atom. The Hall–Kier alpha value is -2.70. The van der Waals surface area contributed by atoms with Gasteiger partial charge in [-0.25, -0.2) is 4.68 Å². The van der Waals surface area contributed by atoms with Crippen molar-refractivity contribution < 1.29 is 4.79 Å². The number of para-hydroxylation sites is 1. The lowest BCUT2D eigenvalue weighted by Gasteiger charge is -2.17. The summed E-state index contributed by atoms with van der Waals surface area (Å²) >= 11 is 3.26. The molecule has 0 aliphatic heterocycles. The first-order chi connectivity index (χ1) is 12.7. The van der Waals surface area contributed by atoms with Gasteiger partial charge in [0.05, 0.1) is 10.6 Å². The SMILES string of the molecule is CN(Cc1ccsc1)C(=O)c1cc(-c2cccs2)nn1-c1ccccc1. The van der Waals surface area contributed by atoms with E-state index in [1.165, 1.54) is 0 Å². The molecule has 0 N–H and O–H groups in total. The van der Waals surface area contributed by atoms with E-state index in [2.05, 4.69) is 5.38 Å². The summed E-state index contributed by atoms with van der Waals surface area (Å²) in [6, 6.07) is 17.7. The zero-order valence-corrected chi connectivity index (χ0v) is 15.8. The highest BCUT2D eigenvalue weighted by Crippen LogP contribution is 2.26. The van der Waals surface area contributed by atoms with Crippen LogP contribution in [0.15, 0.2) is 70.7 Å². The standard InChI is InChI=1S/C20H17N3OS2/c1-22(13-15-9-11-25-14-15)20(24)18-12-17(19-8-5-10-26-19)21-23(18)16-6-3-2-4-7-16/h2-12,14H,13H2,1H3. The topological polar surface area (TPSA) is 38.1 Å². The first-order valence-corrected chi connectivity index (χ1v) is 10.0. The van der Waals surface area contributed by atoms with E-state index in [0.29, 0.717) is 12.2 Å². The molecule has 3 heterocycles. The summed E-state index contributed by atoms with van der Waals surface area (Å²) in [5.41, 5.74) is 3.39. The van der Waals surface area contributed by atoms with Crippen LogP contribution in [0.3, 0.4) is 0 Å². The Morgan fingerprint density at radius 2 is 1.96 bits per heavy atom. The lowest BCUT2D eigenvalue weighted by atomic mass is 10.2. The molecular formula is C20H17N3OS2. The van der Waals surface area contributed by atoms with Crippen molar-refractivity contribution >= 4 is 28.6 Å². The van der Waals surface area contributed by atoms with Crippen LogP contribution >= 0.6 is 22.7 Å². The highest BCUT2D eigenvalue weighted by atomic mass is 32.1. The molecule has 0 aliphatic carbocycles. The number of amides is 1. The van der Waals surface area contributed by atoms with Gasteiger partial charge < -0.3 is 4.90 Å². The number of carbonyl (C=O) groups excluding carboxylic acids is 1. The van der Waals surface area contributed by atoms with Crippen molar-refractivity contribution in [1.29, 1.82) is 0 Å². The maximum Gasteiger partial charge on any atom is 0.272 e. The molecule has 0 saturated heterocycles. The van der Waals surface area contributed by atoms with E-state index in [-0.39, 0.29) is 5.91 Å². The van der Waals surface area contributed by atoms with Gasteiger partial charge >= 0.3 is 0 Å². The number of rotatable bonds is 5. The van der Waals surface area contributed by atoms with E-state index in [1.807, 2.05) is 72.4 Å². The van der Waals surface area contributed by atoms with Gasteiger partial charge in [-0.15, -0.1) is 11.3 Å². The fraction of sp³-hybridized carbons (Fsp3) is 0.100. The Kier molecular flexibility index (Phi) is 4.69. The summed E-state index contributed by atoms with van der Waals surface area (Å²) in [7, 11) is 1.83. The van der Waals surface area contributed by atoms with Gasteiger partial charge in [-0.3, -0.25) is 4.79 Å². The summed E-state index contributed by atoms with van der Waals surface area (Å²) in [5, 5.41) is 10.8. The molecule has 130 valence electrons. The molecule has 1 aromatic carbocycles. The van der Waals surface area contributed by atoms with Crippen molar-refractivity contribution in [3.63, 3.8) is 0 Å². The summed E-state index contributed by atoms with van der Waals surface area (Å²) in [5.74, 6) is -0.0460. The lowest BCUT2D eigenvalue weighted by Crippen LogP contribution is -2.28. The predicted octanol–water partition coefficient (Wildman–Crippen LogP) is 4.93. The number of hydrogen-bond donors (Lipinski definition) is 0. The van der Waals surface area contributed by atoms with Crippen molar-refractivity contribution in [2.24, 2.45) is 0 Å². The summed E-state index contributed by atoms with van der Waals surface area (Å²) < 4.78 is 1.74. The highest BCUT2D eigenvalue weighted by Gasteiger charge is 2.21. The Morgan fingerprint density at radius 1 is 1.12 bits per heavy atom. The van der Waals surface area contributed by atoms with E-state index in [0.717, 1.165) is 21.8 Å². The van der Waals surface area contributed by atoms with Gasteiger partial charge in [-0.2, -0.15) is 16.4 Å². The van der Waals surface area contributed by atoms with E-state index >= 15 is 0 Å². The van der Waals surface area contributed by atoms with Crippen molar-refractivity contribution in [2.75, 3.05) is 7.05 Å². The fourth-order valence-corrected chi connectivity index (χ4v) is 4.11. The van der Waals surface area contributed by atoms with Crippen LogP contribution in [0, 0.1) is 0 Å². The zero-order chi connectivity index (χ0) is 17.9. The quantitative estimate of drug-likeness (QED) is 0.493. The molecule has 3 aromatic heterocycles. The molecule has 1 amide bonds. The second-order valence-electron chi connectivity index (χ2n) is 5.93. The van der Waals surface area contributed by atoms with Crippen molar-refractivity contribution in [3.05, 3.63) is 82.0 Å². The van der Waals surface area contributed by atoms with Crippen LogP contribution in [0.1, 0.15) is 16.1 Å². The lowest BCUT2D eigenvalue weighted by molar-refractivity contribution is 0.0776. The maximum absolute atomic E-state index is 13.1. The number of benzene rings is 1. The molecule has 0 fully saturated rings. The van der Waals surface area contributed by atoms with Crippen LogP contribution in [0.2, 0.25) is 0 Å². The van der Waals surface area contributed by atoms with Crippen molar-refractivity contribution in [2.45, 2.75) is 6.54 Å².